The molecule has 2 aromatic rings. The van der Waals surface area contributed by atoms with Gasteiger partial charge in [0.15, 0.2) is 0 Å². The number of fused-ring (bicyclic) bond motifs is 1. The molecule has 0 N–H and O–H groups in total. The molecule has 0 spiro atoms. The molecule has 0 radical (unpaired) electrons. The van der Waals surface area contributed by atoms with E-state index in [-0.39, 0.29) is 0 Å². The van der Waals surface area contributed by atoms with E-state index >= 15 is 0 Å². The maximum absolute atomic E-state index is 5.23. The summed E-state index contributed by atoms with van der Waals surface area (Å²) in [7, 11) is 1.69. The number of benzene rings is 2. The minimum absolute atomic E-state index is 0.894. The fraction of sp³-hybridized carbons (Fsp3) is 0.333. The molecule has 0 aliphatic rings. The first-order valence-electron chi connectivity index (χ1n) is 6.90. The lowest BCUT2D eigenvalue weighted by Crippen LogP contribution is -1.83. The highest BCUT2D eigenvalue weighted by Crippen LogP contribution is 2.21. The lowest BCUT2D eigenvalue weighted by atomic mass is 10.1. The van der Waals surface area contributed by atoms with Gasteiger partial charge in [-0.2, -0.15) is 0 Å². The number of rotatable bonds is 4. The van der Waals surface area contributed by atoms with Crippen LogP contribution in [0.25, 0.3) is 10.8 Å². The SMILES string of the molecule is CCCCCC#Cc1ccc2cc(OC)ccc2c1. The second kappa shape index (κ2) is 6.85. The normalized spacial score (nSPS) is 10.0. The first-order chi connectivity index (χ1) is 9.33. The zero-order valence-electron chi connectivity index (χ0n) is 11.7. The van der Waals surface area contributed by atoms with Crippen molar-refractivity contribution in [1.29, 1.82) is 0 Å². The smallest absolute Gasteiger partial charge is 0.119 e. The van der Waals surface area contributed by atoms with E-state index in [4.69, 9.17) is 4.74 Å². The Balaban J connectivity index is 2.13. The van der Waals surface area contributed by atoms with Crippen molar-refractivity contribution in [3.05, 3.63) is 42.0 Å². The molecule has 0 aliphatic heterocycles. The molecule has 0 aromatic heterocycles. The molecule has 1 nitrogen and oxygen atoms in total. The summed E-state index contributed by atoms with van der Waals surface area (Å²) in [6, 6.07) is 12.4. The molecule has 0 bridgehead atoms. The van der Waals surface area contributed by atoms with E-state index in [0.29, 0.717) is 0 Å². The molecule has 19 heavy (non-hydrogen) atoms. The first-order valence-corrected chi connectivity index (χ1v) is 6.90. The van der Waals surface area contributed by atoms with Gasteiger partial charge in [0.2, 0.25) is 0 Å². The maximum atomic E-state index is 5.23. The van der Waals surface area contributed by atoms with Gasteiger partial charge in [-0.05, 0) is 41.5 Å². The van der Waals surface area contributed by atoms with Gasteiger partial charge in [-0.25, -0.2) is 0 Å². The number of hydrogen-bond acceptors (Lipinski definition) is 1. The molecule has 0 aliphatic carbocycles. The Labute approximate surface area is 115 Å². The lowest BCUT2D eigenvalue weighted by molar-refractivity contribution is 0.415. The average Bonchev–Trinajstić information content (AvgIpc) is 2.46. The second-order valence-electron chi connectivity index (χ2n) is 4.69. The highest BCUT2D eigenvalue weighted by molar-refractivity contribution is 5.85. The molecule has 2 aromatic carbocycles. The van der Waals surface area contributed by atoms with Crippen LogP contribution in [0.15, 0.2) is 36.4 Å². The van der Waals surface area contributed by atoms with Crippen LogP contribution in [0.4, 0.5) is 0 Å². The molecule has 0 amide bonds. The van der Waals surface area contributed by atoms with E-state index in [9.17, 15) is 0 Å². The predicted molar refractivity (Wildman–Crippen MR) is 81.5 cm³/mol. The van der Waals surface area contributed by atoms with Crippen LogP contribution in [0.2, 0.25) is 0 Å². The summed E-state index contributed by atoms with van der Waals surface area (Å²) in [5.41, 5.74) is 1.09. The molecule has 1 heteroatoms. The Kier molecular flexibility index (Phi) is 4.86. The van der Waals surface area contributed by atoms with Crippen LogP contribution >= 0.6 is 0 Å². The van der Waals surface area contributed by atoms with Crippen molar-refractivity contribution in [2.75, 3.05) is 7.11 Å². The molecule has 0 fully saturated rings. The van der Waals surface area contributed by atoms with E-state index in [0.717, 1.165) is 17.7 Å². The van der Waals surface area contributed by atoms with E-state index in [1.807, 2.05) is 12.1 Å². The molecule has 0 saturated carbocycles. The van der Waals surface area contributed by atoms with Crippen molar-refractivity contribution in [3.63, 3.8) is 0 Å². The Morgan fingerprint density at radius 2 is 1.79 bits per heavy atom. The topological polar surface area (TPSA) is 9.23 Å². The van der Waals surface area contributed by atoms with Crippen molar-refractivity contribution in [2.24, 2.45) is 0 Å². The molecule has 2 rings (SSSR count). The highest BCUT2D eigenvalue weighted by Gasteiger charge is 1.97. The highest BCUT2D eigenvalue weighted by atomic mass is 16.5. The average molecular weight is 252 g/mol. The summed E-state index contributed by atoms with van der Waals surface area (Å²) >= 11 is 0. The van der Waals surface area contributed by atoms with Crippen molar-refractivity contribution < 1.29 is 4.74 Å². The number of hydrogen-bond donors (Lipinski definition) is 0. The number of unbranched alkanes of at least 4 members (excludes halogenated alkanes) is 3. The summed E-state index contributed by atoms with van der Waals surface area (Å²) in [6.45, 7) is 2.21. The van der Waals surface area contributed by atoms with Gasteiger partial charge in [-0.15, -0.1) is 0 Å². The van der Waals surface area contributed by atoms with Gasteiger partial charge < -0.3 is 4.74 Å². The van der Waals surface area contributed by atoms with E-state index < -0.39 is 0 Å². The van der Waals surface area contributed by atoms with E-state index in [2.05, 4.69) is 43.0 Å². The Morgan fingerprint density at radius 1 is 1.00 bits per heavy atom. The van der Waals surface area contributed by atoms with Crippen molar-refractivity contribution in [2.45, 2.75) is 32.6 Å². The Bertz CT molecular complexity index is 602. The van der Waals surface area contributed by atoms with Crippen molar-refractivity contribution in [1.82, 2.24) is 0 Å². The molecule has 98 valence electrons. The minimum Gasteiger partial charge on any atom is -0.497 e. The maximum Gasteiger partial charge on any atom is 0.119 e. The van der Waals surface area contributed by atoms with Gasteiger partial charge in [0.1, 0.15) is 5.75 Å². The fourth-order valence-corrected chi connectivity index (χ4v) is 2.06. The Hall–Kier alpha value is -1.94. The molecular formula is C18H20O. The van der Waals surface area contributed by atoms with Crippen LogP contribution in [0, 0.1) is 11.8 Å². The van der Waals surface area contributed by atoms with E-state index in [1.165, 1.54) is 30.0 Å². The van der Waals surface area contributed by atoms with Crippen LogP contribution in [0.1, 0.15) is 38.2 Å². The van der Waals surface area contributed by atoms with Crippen LogP contribution in [-0.2, 0) is 0 Å². The zero-order chi connectivity index (χ0) is 13.5. The minimum atomic E-state index is 0.894. The molecule has 0 atom stereocenters. The molecular weight excluding hydrogens is 232 g/mol. The first kappa shape index (κ1) is 13.5. The molecule has 0 unspecified atom stereocenters. The monoisotopic (exact) mass is 252 g/mol. The van der Waals surface area contributed by atoms with Crippen LogP contribution in [0.3, 0.4) is 0 Å². The van der Waals surface area contributed by atoms with Crippen molar-refractivity contribution >= 4 is 10.8 Å². The standard InChI is InChI=1S/C18H20O/c1-3-4-5-6-7-8-15-9-10-17-14-18(19-2)12-11-16(17)13-15/h9-14H,3-6H2,1-2H3. The van der Waals surface area contributed by atoms with Gasteiger partial charge in [0, 0.05) is 12.0 Å². The third kappa shape index (κ3) is 3.76. The second-order valence-corrected chi connectivity index (χ2v) is 4.69. The third-order valence-corrected chi connectivity index (χ3v) is 3.19. The summed E-state index contributed by atoms with van der Waals surface area (Å²) in [6.07, 6.45) is 4.72. The van der Waals surface area contributed by atoms with Gasteiger partial charge in [0.25, 0.3) is 0 Å². The van der Waals surface area contributed by atoms with Gasteiger partial charge in [-0.3, -0.25) is 0 Å². The van der Waals surface area contributed by atoms with Crippen LogP contribution < -0.4 is 4.74 Å². The number of ether oxygens (including phenoxy) is 1. The quantitative estimate of drug-likeness (QED) is 0.562. The largest absolute Gasteiger partial charge is 0.497 e. The molecule has 0 saturated heterocycles. The molecule has 0 heterocycles. The summed E-state index contributed by atoms with van der Waals surface area (Å²) in [4.78, 5) is 0. The Morgan fingerprint density at radius 3 is 2.58 bits per heavy atom. The van der Waals surface area contributed by atoms with Gasteiger partial charge in [-0.1, -0.05) is 43.7 Å². The summed E-state index contributed by atoms with van der Waals surface area (Å²) in [5.74, 6) is 7.39. The lowest BCUT2D eigenvalue weighted by Gasteiger charge is -2.02. The van der Waals surface area contributed by atoms with Crippen LogP contribution in [-0.4, -0.2) is 7.11 Å². The summed E-state index contributed by atoms with van der Waals surface area (Å²) in [5, 5.41) is 2.40. The summed E-state index contributed by atoms with van der Waals surface area (Å²) < 4.78 is 5.23. The van der Waals surface area contributed by atoms with Crippen molar-refractivity contribution in [3.8, 4) is 17.6 Å². The van der Waals surface area contributed by atoms with E-state index in [1.54, 1.807) is 7.11 Å². The zero-order valence-corrected chi connectivity index (χ0v) is 11.7. The predicted octanol–water partition coefficient (Wildman–Crippen LogP) is 4.78. The number of methoxy groups -OCH3 is 1. The van der Waals surface area contributed by atoms with Crippen LogP contribution in [0.5, 0.6) is 5.75 Å². The van der Waals surface area contributed by atoms with Gasteiger partial charge in [0.05, 0.1) is 7.11 Å². The van der Waals surface area contributed by atoms with Gasteiger partial charge >= 0.3 is 0 Å². The fourth-order valence-electron chi connectivity index (χ4n) is 2.06. The third-order valence-electron chi connectivity index (χ3n) is 3.19.